The quantitative estimate of drug-likeness (QED) is 0.670. The molecule has 3 rings (SSSR count). The summed E-state index contributed by atoms with van der Waals surface area (Å²) >= 11 is 6.34. The van der Waals surface area contributed by atoms with Gasteiger partial charge in [0.15, 0.2) is 0 Å². The van der Waals surface area contributed by atoms with Crippen LogP contribution in [0.2, 0.25) is 0 Å². The van der Waals surface area contributed by atoms with Crippen LogP contribution < -0.4 is 10.1 Å². The molecule has 1 aliphatic carbocycles. The van der Waals surface area contributed by atoms with Crippen molar-refractivity contribution in [3.63, 3.8) is 0 Å². The van der Waals surface area contributed by atoms with Crippen molar-refractivity contribution in [3.05, 3.63) is 81.8 Å². The first kappa shape index (κ1) is 12.0. The zero-order chi connectivity index (χ0) is 25.4. The van der Waals surface area contributed by atoms with Crippen LogP contribution in [-0.2, 0) is 11.3 Å². The summed E-state index contributed by atoms with van der Waals surface area (Å²) in [6, 6.07) is 4.03. The number of carbonyl (C=O) groups excluding carboxylic acids is 1. The first-order valence-electron chi connectivity index (χ1n) is 12.1. The molecule has 0 saturated heterocycles. The van der Waals surface area contributed by atoms with E-state index in [1.54, 1.807) is 24.3 Å². The molecule has 0 fully saturated rings. The van der Waals surface area contributed by atoms with Crippen LogP contribution in [0, 0.1) is 12.8 Å². The van der Waals surface area contributed by atoms with E-state index in [0.29, 0.717) is 10.6 Å². The van der Waals surface area contributed by atoms with Crippen LogP contribution >= 0.6 is 11.6 Å². The Labute approximate surface area is 175 Å². The highest BCUT2D eigenvalue weighted by molar-refractivity contribution is 6.34. The fourth-order valence-corrected chi connectivity index (χ4v) is 3.29. The van der Waals surface area contributed by atoms with Gasteiger partial charge in [0.1, 0.15) is 11.5 Å². The van der Waals surface area contributed by atoms with Crippen molar-refractivity contribution in [2.75, 3.05) is 0 Å². The lowest BCUT2D eigenvalue weighted by atomic mass is 10.0. The van der Waals surface area contributed by atoms with Crippen LogP contribution in [0.15, 0.2) is 70.7 Å². The minimum absolute atomic E-state index is 0.0584. The SMILES string of the molecule is [2H]c1c([2H])c(C([2H])([2H])[2H])c([2H])c([2H])c1Oc1ccc(CNC(=O)C2=C(Cl)C(CC)=CC2C)cc1. The molecule has 1 unspecified atom stereocenters. The molecule has 4 heteroatoms. The third-order valence-corrected chi connectivity index (χ3v) is 4.70. The molecule has 0 aliphatic heterocycles. The van der Waals surface area contributed by atoms with Crippen molar-refractivity contribution >= 4 is 17.5 Å². The van der Waals surface area contributed by atoms with E-state index in [1.165, 1.54) is 0 Å². The molecule has 27 heavy (non-hydrogen) atoms. The van der Waals surface area contributed by atoms with Crippen molar-refractivity contribution in [1.82, 2.24) is 5.32 Å². The van der Waals surface area contributed by atoms with E-state index >= 15 is 0 Å². The van der Waals surface area contributed by atoms with Gasteiger partial charge in [-0.3, -0.25) is 4.79 Å². The Morgan fingerprint density at radius 2 is 1.93 bits per heavy atom. The zero-order valence-electron chi connectivity index (χ0n) is 22.1. The van der Waals surface area contributed by atoms with E-state index in [1.807, 2.05) is 19.9 Å². The van der Waals surface area contributed by atoms with E-state index in [0.717, 1.165) is 17.6 Å². The van der Waals surface area contributed by atoms with Gasteiger partial charge < -0.3 is 10.1 Å². The molecule has 0 saturated carbocycles. The van der Waals surface area contributed by atoms with Crippen molar-refractivity contribution in [1.29, 1.82) is 0 Å². The highest BCUT2D eigenvalue weighted by atomic mass is 35.5. The molecule has 3 nitrogen and oxygen atoms in total. The maximum atomic E-state index is 12.6. The minimum atomic E-state index is -2.78. The summed E-state index contributed by atoms with van der Waals surface area (Å²) in [7, 11) is 0. The van der Waals surface area contributed by atoms with Crippen LogP contribution in [0.1, 0.15) is 41.0 Å². The number of allylic oxidation sites excluding steroid dienone is 3. The molecule has 1 aliphatic rings. The van der Waals surface area contributed by atoms with E-state index in [-0.39, 0.29) is 29.9 Å². The number of amides is 1. The molecule has 0 radical (unpaired) electrons. The van der Waals surface area contributed by atoms with E-state index < -0.39 is 36.6 Å². The fourth-order valence-electron chi connectivity index (χ4n) is 2.83. The van der Waals surface area contributed by atoms with Gasteiger partial charge in [0, 0.05) is 22.1 Å². The van der Waals surface area contributed by atoms with Gasteiger partial charge in [-0.15, -0.1) is 0 Å². The normalized spacial score (nSPS) is 20.5. The first-order valence-corrected chi connectivity index (χ1v) is 9.01. The second kappa shape index (κ2) is 8.45. The van der Waals surface area contributed by atoms with E-state index in [9.17, 15) is 4.79 Å². The monoisotopic (exact) mass is 388 g/mol. The van der Waals surface area contributed by atoms with E-state index in [4.69, 9.17) is 25.9 Å². The van der Waals surface area contributed by atoms with Crippen LogP contribution in [0.5, 0.6) is 11.5 Å². The van der Waals surface area contributed by atoms with Gasteiger partial charge in [0.2, 0.25) is 5.91 Å². The standard InChI is InChI=1S/C23H24ClNO2/c1-4-18-13-16(3)21(22(18)24)23(26)25-14-17-7-11-20(12-8-17)27-19-9-5-15(2)6-10-19/h5-13,16H,4,14H2,1-3H3,(H,25,26)/i2D3,5D,6D,9D,10D. The molecule has 0 heterocycles. The molecule has 0 bridgehead atoms. The number of nitrogens with one attached hydrogen (secondary N) is 1. The number of halogens is 1. The third-order valence-electron chi connectivity index (χ3n) is 4.25. The average Bonchev–Trinajstić information content (AvgIpc) is 3.06. The molecule has 1 atom stereocenters. The highest BCUT2D eigenvalue weighted by Crippen LogP contribution is 2.35. The average molecular weight is 389 g/mol. The summed E-state index contributed by atoms with van der Waals surface area (Å²) in [5.41, 5.74) is 1.63. The number of benzene rings is 2. The largest absolute Gasteiger partial charge is 0.457 e. The number of hydrogen-bond donors (Lipinski definition) is 1. The van der Waals surface area contributed by atoms with Crippen molar-refractivity contribution in [2.45, 2.75) is 33.7 Å². The Morgan fingerprint density at radius 3 is 2.52 bits per heavy atom. The molecule has 0 spiro atoms. The molecular weight excluding hydrogens is 358 g/mol. The van der Waals surface area contributed by atoms with Gasteiger partial charge in [-0.2, -0.15) is 0 Å². The first-order chi connectivity index (χ1) is 15.9. The summed E-state index contributed by atoms with van der Waals surface area (Å²) in [6.45, 7) is 1.36. The van der Waals surface area contributed by atoms with Crippen molar-refractivity contribution in [2.24, 2.45) is 5.92 Å². The smallest absolute Gasteiger partial charge is 0.249 e. The Morgan fingerprint density at radius 1 is 1.22 bits per heavy atom. The van der Waals surface area contributed by atoms with Crippen LogP contribution in [0.3, 0.4) is 0 Å². The highest BCUT2D eigenvalue weighted by Gasteiger charge is 2.26. The van der Waals surface area contributed by atoms with E-state index in [2.05, 4.69) is 5.32 Å². The van der Waals surface area contributed by atoms with Gasteiger partial charge in [-0.05, 0) is 48.6 Å². The summed E-state index contributed by atoms with van der Waals surface area (Å²) < 4.78 is 60.0. The summed E-state index contributed by atoms with van der Waals surface area (Å²) in [5.74, 6) is -0.419. The maximum Gasteiger partial charge on any atom is 0.249 e. The molecule has 1 amide bonds. The van der Waals surface area contributed by atoms with Gasteiger partial charge in [-0.25, -0.2) is 0 Å². The molecule has 1 N–H and O–H groups in total. The molecule has 2 aromatic rings. The molecule has 140 valence electrons. The zero-order valence-corrected chi connectivity index (χ0v) is 15.8. The third kappa shape index (κ3) is 4.61. The number of hydrogen-bond acceptors (Lipinski definition) is 2. The van der Waals surface area contributed by atoms with Gasteiger partial charge in [0.05, 0.1) is 10.5 Å². The van der Waals surface area contributed by atoms with Gasteiger partial charge >= 0.3 is 0 Å². The number of rotatable bonds is 6. The van der Waals surface area contributed by atoms with Crippen LogP contribution in [0.4, 0.5) is 0 Å². The lowest BCUT2D eigenvalue weighted by Gasteiger charge is -2.11. The number of ether oxygens (including phenoxy) is 1. The molecule has 2 aromatic carbocycles. The van der Waals surface area contributed by atoms with Gasteiger partial charge in [-0.1, -0.05) is 61.3 Å². The Hall–Kier alpha value is -2.52. The molecule has 0 aromatic heterocycles. The Balaban J connectivity index is 1.73. The number of carbonyl (C=O) groups is 1. The lowest BCUT2D eigenvalue weighted by Crippen LogP contribution is -2.26. The summed E-state index contributed by atoms with van der Waals surface area (Å²) in [4.78, 5) is 12.6. The predicted molar refractivity (Wildman–Crippen MR) is 110 cm³/mol. The summed E-state index contributed by atoms with van der Waals surface area (Å²) in [6.07, 6.45) is 2.74. The second-order valence-electron chi connectivity index (χ2n) is 6.19. The molecular formula is C23H24ClNO2. The lowest BCUT2D eigenvalue weighted by molar-refractivity contribution is -0.118. The van der Waals surface area contributed by atoms with Crippen molar-refractivity contribution < 1.29 is 19.1 Å². The predicted octanol–water partition coefficient (Wildman–Crippen LogP) is 5.88. The minimum Gasteiger partial charge on any atom is -0.457 e. The Kier molecular flexibility index (Phi) is 3.77. The van der Waals surface area contributed by atoms with Crippen LogP contribution in [-0.4, -0.2) is 5.91 Å². The second-order valence-corrected chi connectivity index (χ2v) is 6.57. The fraction of sp³-hybridized carbons (Fsp3) is 0.261. The topological polar surface area (TPSA) is 38.3 Å². The van der Waals surface area contributed by atoms with Gasteiger partial charge in [0.25, 0.3) is 0 Å². The maximum absolute atomic E-state index is 12.6. The summed E-state index contributed by atoms with van der Waals surface area (Å²) in [5, 5.41) is 3.35. The van der Waals surface area contributed by atoms with Crippen LogP contribution in [0.25, 0.3) is 0 Å². The van der Waals surface area contributed by atoms with Crippen molar-refractivity contribution in [3.8, 4) is 11.5 Å². The Bertz CT molecular complexity index is 1160.